The van der Waals surface area contributed by atoms with Gasteiger partial charge in [-0.25, -0.2) is 0 Å². The van der Waals surface area contributed by atoms with Crippen LogP contribution in [0, 0.1) is 0 Å². The summed E-state index contributed by atoms with van der Waals surface area (Å²) in [5, 5.41) is 6.41. The van der Waals surface area contributed by atoms with Crippen LogP contribution >= 0.6 is 24.8 Å². The average molecular weight is 470 g/mol. The minimum atomic E-state index is -0.591. The number of carbonyl (C=O) groups excluding carboxylic acids is 1. The zero-order chi connectivity index (χ0) is 20.1. The SMILES string of the molecule is CCC(NC(=O)C1COc2ccccc2O1)N1CCNCC1.Cl.Cl.c1cc2ccc1o2. The molecular formula is C22H29Cl2N3O4. The first-order chi connectivity index (χ1) is 14.2. The second-order valence-corrected chi connectivity index (χ2v) is 7.16. The molecule has 1 amide bonds. The Balaban J connectivity index is 0.000000320. The molecule has 0 radical (unpaired) electrons. The van der Waals surface area contributed by atoms with Crippen molar-refractivity contribution in [2.24, 2.45) is 0 Å². The largest absolute Gasteiger partial charge is 0.485 e. The Labute approximate surface area is 194 Å². The van der Waals surface area contributed by atoms with E-state index in [0.29, 0.717) is 11.5 Å². The second kappa shape index (κ2) is 12.0. The number of piperazine rings is 1. The van der Waals surface area contributed by atoms with Gasteiger partial charge < -0.3 is 24.5 Å². The fourth-order valence-corrected chi connectivity index (χ4v) is 3.56. The minimum Gasteiger partial charge on any atom is -0.485 e. The lowest BCUT2D eigenvalue weighted by atomic mass is 10.2. The van der Waals surface area contributed by atoms with Gasteiger partial charge in [-0.3, -0.25) is 9.69 Å². The van der Waals surface area contributed by atoms with Crippen LogP contribution in [0.3, 0.4) is 0 Å². The molecular weight excluding hydrogens is 441 g/mol. The number of carbonyl (C=O) groups is 1. The number of fused-ring (bicyclic) bond motifs is 3. The molecule has 1 saturated heterocycles. The number of hydrogen-bond donors (Lipinski definition) is 2. The molecule has 2 aliphatic rings. The summed E-state index contributed by atoms with van der Waals surface area (Å²) in [7, 11) is 0. The quantitative estimate of drug-likeness (QED) is 0.610. The van der Waals surface area contributed by atoms with Gasteiger partial charge in [-0.15, -0.1) is 24.8 Å². The molecule has 2 unspecified atom stereocenters. The Kier molecular flexibility index (Phi) is 9.71. The maximum Gasteiger partial charge on any atom is 0.265 e. The fourth-order valence-electron chi connectivity index (χ4n) is 3.56. The van der Waals surface area contributed by atoms with Crippen molar-refractivity contribution in [3.8, 4) is 11.5 Å². The molecule has 1 aromatic carbocycles. The lowest BCUT2D eigenvalue weighted by Crippen LogP contribution is -2.57. The number of para-hydroxylation sites is 2. The number of hydrogen-bond acceptors (Lipinski definition) is 6. The summed E-state index contributed by atoms with van der Waals surface area (Å²) in [4.78, 5) is 14.8. The standard InChI is InChI=1S/C16H23N3O3.C6H4O.2ClH/c1-2-15(19-9-7-17-8-10-19)18-16(20)14-11-21-12-5-3-4-6-13(12)22-14;1-2-6-4-3-5(1)7-6;;/h3-6,14-15,17H,2,7-11H2,1H3,(H,18,20);1-4H;2*1H. The summed E-state index contributed by atoms with van der Waals surface area (Å²) in [5.74, 6) is 1.21. The molecule has 31 heavy (non-hydrogen) atoms. The van der Waals surface area contributed by atoms with Gasteiger partial charge in [0.15, 0.2) is 11.5 Å². The maximum absolute atomic E-state index is 12.5. The first-order valence-electron chi connectivity index (χ1n) is 10.1. The van der Waals surface area contributed by atoms with Gasteiger partial charge in [0.2, 0.25) is 6.10 Å². The third-order valence-electron chi connectivity index (χ3n) is 5.15. The van der Waals surface area contributed by atoms with Crippen molar-refractivity contribution in [3.63, 3.8) is 0 Å². The van der Waals surface area contributed by atoms with Crippen LogP contribution in [-0.2, 0) is 4.79 Å². The summed E-state index contributed by atoms with van der Waals surface area (Å²) in [6.45, 7) is 6.15. The van der Waals surface area contributed by atoms with Gasteiger partial charge >= 0.3 is 0 Å². The van der Waals surface area contributed by atoms with E-state index in [0.717, 1.165) is 43.8 Å². The van der Waals surface area contributed by atoms with Gasteiger partial charge in [0.25, 0.3) is 5.91 Å². The molecule has 4 heterocycles. The van der Waals surface area contributed by atoms with Crippen LogP contribution in [0.4, 0.5) is 0 Å². The van der Waals surface area contributed by atoms with E-state index in [1.807, 2.05) is 48.5 Å². The van der Waals surface area contributed by atoms with Gasteiger partial charge in [-0.2, -0.15) is 0 Å². The topological polar surface area (TPSA) is 76.0 Å². The van der Waals surface area contributed by atoms with Crippen LogP contribution < -0.4 is 20.1 Å². The normalized spacial score (nSPS) is 18.7. The second-order valence-electron chi connectivity index (χ2n) is 7.16. The predicted molar refractivity (Wildman–Crippen MR) is 125 cm³/mol. The molecule has 2 aliphatic heterocycles. The van der Waals surface area contributed by atoms with Crippen molar-refractivity contribution in [1.29, 1.82) is 0 Å². The van der Waals surface area contributed by atoms with Crippen molar-refractivity contribution in [2.75, 3.05) is 32.8 Å². The number of rotatable bonds is 4. The molecule has 2 bridgehead atoms. The molecule has 0 saturated carbocycles. The molecule has 3 aromatic rings. The zero-order valence-electron chi connectivity index (χ0n) is 17.4. The summed E-state index contributed by atoms with van der Waals surface area (Å²) in [6, 6.07) is 15.2. The van der Waals surface area contributed by atoms with Gasteiger partial charge in [0, 0.05) is 26.2 Å². The van der Waals surface area contributed by atoms with Crippen LogP contribution in [0.5, 0.6) is 11.5 Å². The number of halogens is 2. The van der Waals surface area contributed by atoms with Gasteiger partial charge in [-0.05, 0) is 42.8 Å². The van der Waals surface area contributed by atoms with Crippen LogP contribution in [0.25, 0.3) is 11.2 Å². The highest BCUT2D eigenvalue weighted by atomic mass is 35.5. The lowest BCUT2D eigenvalue weighted by molar-refractivity contribution is -0.132. The fraction of sp³-hybridized carbons (Fsp3) is 0.409. The van der Waals surface area contributed by atoms with Crippen molar-refractivity contribution in [3.05, 3.63) is 48.5 Å². The Hall–Kier alpha value is -2.19. The number of ether oxygens (including phenoxy) is 2. The summed E-state index contributed by atoms with van der Waals surface area (Å²) in [6.07, 6.45) is 0.331. The van der Waals surface area contributed by atoms with Crippen LogP contribution in [-0.4, -0.2) is 55.9 Å². The van der Waals surface area contributed by atoms with E-state index >= 15 is 0 Å². The van der Waals surface area contributed by atoms with Crippen molar-refractivity contribution >= 4 is 41.9 Å². The van der Waals surface area contributed by atoms with E-state index in [-0.39, 0.29) is 43.5 Å². The van der Waals surface area contributed by atoms with E-state index < -0.39 is 6.10 Å². The van der Waals surface area contributed by atoms with E-state index in [1.54, 1.807) is 0 Å². The Bertz CT molecular complexity index is 872. The van der Waals surface area contributed by atoms with Crippen molar-refractivity contribution < 1.29 is 18.7 Å². The first kappa shape index (κ1) is 25.1. The van der Waals surface area contributed by atoms with Crippen molar-refractivity contribution in [2.45, 2.75) is 25.6 Å². The molecule has 5 rings (SSSR count). The highest BCUT2D eigenvalue weighted by molar-refractivity contribution is 5.85. The Morgan fingerprint density at radius 3 is 2.23 bits per heavy atom. The highest BCUT2D eigenvalue weighted by Crippen LogP contribution is 2.30. The molecule has 7 nitrogen and oxygen atoms in total. The summed E-state index contributed by atoms with van der Waals surface area (Å²) < 4.78 is 16.5. The molecule has 0 aliphatic carbocycles. The zero-order valence-corrected chi connectivity index (χ0v) is 19.0. The number of nitrogens with one attached hydrogen (secondary N) is 2. The Morgan fingerprint density at radius 1 is 1.06 bits per heavy atom. The maximum atomic E-state index is 12.5. The smallest absolute Gasteiger partial charge is 0.265 e. The van der Waals surface area contributed by atoms with Gasteiger partial charge in [0.05, 0.1) is 6.17 Å². The molecule has 2 N–H and O–H groups in total. The van der Waals surface area contributed by atoms with Gasteiger partial charge in [-0.1, -0.05) is 19.1 Å². The Morgan fingerprint density at radius 2 is 1.68 bits per heavy atom. The number of nitrogens with zero attached hydrogens (tertiary/aromatic N) is 1. The monoisotopic (exact) mass is 469 g/mol. The van der Waals surface area contributed by atoms with E-state index in [2.05, 4.69) is 22.5 Å². The third kappa shape index (κ3) is 6.40. The molecule has 1 fully saturated rings. The van der Waals surface area contributed by atoms with E-state index in [4.69, 9.17) is 13.9 Å². The minimum absolute atomic E-state index is 0. The lowest BCUT2D eigenvalue weighted by Gasteiger charge is -2.36. The number of benzene rings is 2. The first-order valence-corrected chi connectivity index (χ1v) is 10.1. The van der Waals surface area contributed by atoms with Crippen LogP contribution in [0.15, 0.2) is 52.9 Å². The molecule has 2 atom stereocenters. The predicted octanol–water partition coefficient (Wildman–Crippen LogP) is 3.30. The van der Waals surface area contributed by atoms with Crippen LogP contribution in [0.1, 0.15) is 13.3 Å². The molecule has 0 spiro atoms. The number of amides is 1. The molecule has 2 aromatic heterocycles. The van der Waals surface area contributed by atoms with Gasteiger partial charge in [0.1, 0.15) is 17.8 Å². The average Bonchev–Trinajstić information content (AvgIpc) is 3.44. The van der Waals surface area contributed by atoms with Crippen LogP contribution in [0.2, 0.25) is 0 Å². The highest BCUT2D eigenvalue weighted by Gasteiger charge is 2.30. The summed E-state index contributed by atoms with van der Waals surface area (Å²) >= 11 is 0. The summed E-state index contributed by atoms with van der Waals surface area (Å²) in [5.41, 5.74) is 1.94. The molecule has 9 heteroatoms. The number of furan rings is 2. The molecule has 170 valence electrons. The van der Waals surface area contributed by atoms with E-state index in [9.17, 15) is 4.79 Å². The van der Waals surface area contributed by atoms with Crippen molar-refractivity contribution in [1.82, 2.24) is 15.5 Å². The van der Waals surface area contributed by atoms with E-state index in [1.165, 1.54) is 0 Å². The third-order valence-corrected chi connectivity index (χ3v) is 5.15.